The Morgan fingerprint density at radius 1 is 1.13 bits per heavy atom. The number of nitrogens with zero attached hydrogens (tertiary/aromatic N) is 7. The maximum atomic E-state index is 12.4. The largest absolute Gasteiger partial charge is 0.486 e. The van der Waals surface area contributed by atoms with Crippen molar-refractivity contribution < 1.29 is 4.74 Å². The van der Waals surface area contributed by atoms with Crippen LogP contribution in [-0.2, 0) is 19.6 Å². The molecule has 9 nitrogen and oxygen atoms in total. The fourth-order valence-electron chi connectivity index (χ4n) is 4.20. The number of hydrogen-bond donors (Lipinski definition) is 0. The lowest BCUT2D eigenvalue weighted by Gasteiger charge is -2.15. The molecule has 0 N–H and O–H groups in total. The molecule has 10 heteroatoms. The SMILES string of the molecule is Cc1cc(-n2cc(C#N)cn2)c2cccc(OCc3c(Cl)ccnc3CCn3cccc(C#N)c3=O)c2n1. The van der Waals surface area contributed by atoms with Crippen molar-refractivity contribution in [3.63, 3.8) is 0 Å². The highest BCUT2D eigenvalue weighted by molar-refractivity contribution is 6.31. The number of ether oxygens (including phenoxy) is 1. The molecule has 0 bridgehead atoms. The van der Waals surface area contributed by atoms with Crippen LogP contribution in [0.3, 0.4) is 0 Å². The Balaban J connectivity index is 1.44. The van der Waals surface area contributed by atoms with Gasteiger partial charge in [0.05, 0.1) is 28.2 Å². The Bertz CT molecular complexity index is 1810. The zero-order valence-electron chi connectivity index (χ0n) is 20.3. The van der Waals surface area contributed by atoms with E-state index in [-0.39, 0.29) is 17.7 Å². The number of para-hydroxylation sites is 1. The third kappa shape index (κ3) is 4.83. The number of fused-ring (bicyclic) bond motifs is 1. The summed E-state index contributed by atoms with van der Waals surface area (Å²) in [5, 5.41) is 24.0. The van der Waals surface area contributed by atoms with Gasteiger partial charge >= 0.3 is 0 Å². The van der Waals surface area contributed by atoms with Gasteiger partial charge in [-0.15, -0.1) is 0 Å². The van der Waals surface area contributed by atoms with Crippen molar-refractivity contribution in [2.45, 2.75) is 26.5 Å². The van der Waals surface area contributed by atoms with Gasteiger partial charge < -0.3 is 9.30 Å². The highest BCUT2D eigenvalue weighted by atomic mass is 35.5. The summed E-state index contributed by atoms with van der Waals surface area (Å²) in [7, 11) is 0. The second-order valence-electron chi connectivity index (χ2n) is 8.51. The molecule has 0 saturated heterocycles. The number of nitriles is 2. The average molecular weight is 522 g/mol. The van der Waals surface area contributed by atoms with Gasteiger partial charge in [-0.05, 0) is 37.3 Å². The number of pyridine rings is 3. The lowest BCUT2D eigenvalue weighted by atomic mass is 10.1. The van der Waals surface area contributed by atoms with Gasteiger partial charge in [0.2, 0.25) is 0 Å². The summed E-state index contributed by atoms with van der Waals surface area (Å²) < 4.78 is 9.37. The minimum Gasteiger partial charge on any atom is -0.486 e. The van der Waals surface area contributed by atoms with Gasteiger partial charge in [0.25, 0.3) is 5.56 Å². The molecule has 0 atom stereocenters. The molecular weight excluding hydrogens is 502 g/mol. The number of hydrogen-bond acceptors (Lipinski definition) is 7. The summed E-state index contributed by atoms with van der Waals surface area (Å²) in [6.45, 7) is 2.36. The van der Waals surface area contributed by atoms with Crippen molar-refractivity contribution in [1.29, 1.82) is 10.5 Å². The van der Waals surface area contributed by atoms with E-state index >= 15 is 0 Å². The molecule has 4 aromatic heterocycles. The Morgan fingerprint density at radius 2 is 2.00 bits per heavy atom. The quantitative estimate of drug-likeness (QED) is 0.309. The number of halogens is 1. The molecule has 0 aliphatic heterocycles. The first-order chi connectivity index (χ1) is 18.5. The summed E-state index contributed by atoms with van der Waals surface area (Å²) in [5.74, 6) is 0.559. The van der Waals surface area contributed by atoms with Gasteiger partial charge in [-0.3, -0.25) is 9.78 Å². The van der Waals surface area contributed by atoms with Crippen LogP contribution in [0.15, 0.2) is 72.0 Å². The van der Waals surface area contributed by atoms with Crippen molar-refractivity contribution in [1.82, 2.24) is 24.3 Å². The van der Waals surface area contributed by atoms with Crippen molar-refractivity contribution >= 4 is 22.5 Å². The Hall–Kier alpha value is -4.99. The fraction of sp³-hybridized carbons (Fsp3) is 0.143. The third-order valence-corrected chi connectivity index (χ3v) is 6.41. The number of aromatic nitrogens is 5. The van der Waals surface area contributed by atoms with Gasteiger partial charge in [-0.2, -0.15) is 15.6 Å². The first-order valence-corrected chi connectivity index (χ1v) is 12.1. The van der Waals surface area contributed by atoms with Crippen molar-refractivity contribution in [3.05, 3.63) is 111 Å². The van der Waals surface area contributed by atoms with Crippen LogP contribution in [0.5, 0.6) is 5.75 Å². The number of rotatable bonds is 7. The first-order valence-electron chi connectivity index (χ1n) is 11.7. The second kappa shape index (κ2) is 10.6. The predicted octanol–water partition coefficient (Wildman–Crippen LogP) is 4.50. The molecule has 1 aromatic carbocycles. The highest BCUT2D eigenvalue weighted by Crippen LogP contribution is 2.30. The van der Waals surface area contributed by atoms with E-state index in [2.05, 4.69) is 16.2 Å². The first kappa shape index (κ1) is 24.7. The molecule has 4 heterocycles. The molecule has 38 heavy (non-hydrogen) atoms. The summed E-state index contributed by atoms with van der Waals surface area (Å²) in [6, 6.07) is 16.4. The molecule has 0 unspecified atom stereocenters. The molecule has 5 aromatic rings. The van der Waals surface area contributed by atoms with E-state index in [1.165, 1.54) is 16.8 Å². The standard InChI is InChI=1S/C28H20ClN7O2/c1-18-12-25(36-16-19(13-30)15-33-36)21-5-2-6-26(27(21)34-18)38-17-22-23(29)7-9-32-24(22)8-11-35-10-3-4-20(14-31)28(35)37/h2-7,9-10,12,15-16H,8,11,17H2,1H3. The van der Waals surface area contributed by atoms with Crippen molar-refractivity contribution in [2.24, 2.45) is 0 Å². The monoisotopic (exact) mass is 521 g/mol. The Morgan fingerprint density at radius 3 is 2.79 bits per heavy atom. The molecule has 0 aliphatic carbocycles. The van der Waals surface area contributed by atoms with Crippen LogP contribution in [-0.4, -0.2) is 24.3 Å². The zero-order valence-corrected chi connectivity index (χ0v) is 21.1. The van der Waals surface area contributed by atoms with E-state index in [0.29, 0.717) is 46.1 Å². The summed E-state index contributed by atoms with van der Waals surface area (Å²) in [4.78, 5) is 21.6. The molecule has 0 saturated carbocycles. The summed E-state index contributed by atoms with van der Waals surface area (Å²) in [5.41, 5.74) is 3.80. The van der Waals surface area contributed by atoms with E-state index in [1.807, 2.05) is 37.3 Å². The topological polar surface area (TPSA) is 122 Å². The minimum absolute atomic E-state index is 0.0900. The number of aryl methyl sites for hydroxylation is 3. The van der Waals surface area contributed by atoms with Gasteiger partial charge in [-0.1, -0.05) is 23.7 Å². The summed E-state index contributed by atoms with van der Waals surface area (Å²) >= 11 is 6.54. The van der Waals surface area contributed by atoms with Crippen LogP contribution in [0.2, 0.25) is 5.02 Å². The predicted molar refractivity (Wildman–Crippen MR) is 141 cm³/mol. The van der Waals surface area contributed by atoms with Crippen LogP contribution in [0.25, 0.3) is 16.6 Å². The van der Waals surface area contributed by atoms with E-state index in [9.17, 15) is 10.1 Å². The molecule has 186 valence electrons. The Kier molecular flexibility index (Phi) is 6.86. The molecule has 0 fully saturated rings. The molecular formula is C28H20ClN7O2. The molecule has 0 aliphatic rings. The van der Waals surface area contributed by atoms with Crippen molar-refractivity contribution in [3.8, 4) is 23.6 Å². The maximum Gasteiger partial charge on any atom is 0.268 e. The lowest BCUT2D eigenvalue weighted by Crippen LogP contribution is -2.23. The highest BCUT2D eigenvalue weighted by Gasteiger charge is 2.15. The van der Waals surface area contributed by atoms with Crippen LogP contribution in [0.1, 0.15) is 28.1 Å². The Labute approximate surface area is 222 Å². The van der Waals surface area contributed by atoms with Crippen LogP contribution < -0.4 is 10.3 Å². The van der Waals surface area contributed by atoms with Gasteiger partial charge in [0.15, 0.2) is 0 Å². The molecule has 0 radical (unpaired) electrons. The van der Waals surface area contributed by atoms with Crippen molar-refractivity contribution in [2.75, 3.05) is 0 Å². The van der Waals surface area contributed by atoms with E-state index < -0.39 is 0 Å². The van der Waals surface area contributed by atoms with Crippen LogP contribution >= 0.6 is 11.6 Å². The van der Waals surface area contributed by atoms with Crippen LogP contribution in [0, 0.1) is 29.6 Å². The molecule has 0 amide bonds. The van der Waals surface area contributed by atoms with Gasteiger partial charge in [-0.25, -0.2) is 9.67 Å². The van der Waals surface area contributed by atoms with Crippen LogP contribution in [0.4, 0.5) is 0 Å². The van der Waals surface area contributed by atoms with E-state index in [0.717, 1.165) is 16.8 Å². The van der Waals surface area contributed by atoms with Gasteiger partial charge in [0, 0.05) is 48.2 Å². The average Bonchev–Trinajstić information content (AvgIpc) is 3.41. The molecule has 0 spiro atoms. The maximum absolute atomic E-state index is 12.4. The third-order valence-electron chi connectivity index (χ3n) is 6.06. The lowest BCUT2D eigenvalue weighted by molar-refractivity contribution is 0.307. The normalized spacial score (nSPS) is 10.7. The summed E-state index contributed by atoms with van der Waals surface area (Å²) in [6.07, 6.45) is 6.86. The second-order valence-corrected chi connectivity index (χ2v) is 8.92. The molecule has 5 rings (SSSR count). The number of benzene rings is 1. The smallest absolute Gasteiger partial charge is 0.268 e. The van der Waals surface area contributed by atoms with E-state index in [1.54, 1.807) is 35.4 Å². The minimum atomic E-state index is -0.345. The van der Waals surface area contributed by atoms with Gasteiger partial charge in [0.1, 0.15) is 35.6 Å². The van der Waals surface area contributed by atoms with E-state index in [4.69, 9.17) is 26.6 Å². The fourth-order valence-corrected chi connectivity index (χ4v) is 4.42. The zero-order chi connectivity index (χ0) is 26.6.